The van der Waals surface area contributed by atoms with Crippen LogP contribution in [0.4, 0.5) is 5.69 Å². The minimum absolute atomic E-state index is 0.0168. The van der Waals surface area contributed by atoms with Gasteiger partial charge in [-0.2, -0.15) is 0 Å². The van der Waals surface area contributed by atoms with Gasteiger partial charge in [-0.15, -0.1) is 0 Å². The normalized spacial score (nSPS) is 11.9. The zero-order valence-corrected chi connectivity index (χ0v) is 14.4. The monoisotopic (exact) mass is 340 g/mol. The van der Waals surface area contributed by atoms with Gasteiger partial charge in [-0.05, 0) is 26.3 Å². The zero-order chi connectivity index (χ0) is 18.4. The van der Waals surface area contributed by atoms with Crippen molar-refractivity contribution in [1.29, 1.82) is 0 Å². The fraction of sp³-hybridized carbons (Fsp3) is 0.263. The third kappa shape index (κ3) is 5.53. The van der Waals surface area contributed by atoms with Crippen LogP contribution in [0.25, 0.3) is 0 Å². The molecule has 0 saturated carbocycles. The molecule has 0 bridgehead atoms. The number of aliphatic imine (C=N–C) groups is 1. The van der Waals surface area contributed by atoms with Crippen LogP contribution in [0, 0.1) is 10.1 Å². The summed E-state index contributed by atoms with van der Waals surface area (Å²) < 4.78 is 5.43. The maximum absolute atomic E-state index is 12.5. The molecule has 6 heteroatoms. The van der Waals surface area contributed by atoms with E-state index in [-0.39, 0.29) is 17.9 Å². The van der Waals surface area contributed by atoms with E-state index in [2.05, 4.69) is 4.99 Å². The third-order valence-corrected chi connectivity index (χ3v) is 3.21. The molecule has 0 N–H and O–H groups in total. The molecule has 130 valence electrons. The molecule has 0 saturated heterocycles. The van der Waals surface area contributed by atoms with Gasteiger partial charge in [0.2, 0.25) is 0 Å². The minimum Gasteiger partial charge on any atom is -0.455 e. The number of carbonyl (C=O) groups is 1. The molecule has 0 spiro atoms. The lowest BCUT2D eigenvalue weighted by atomic mass is 10.1. The first-order valence-electron chi connectivity index (χ1n) is 7.83. The average molecular weight is 340 g/mol. The van der Waals surface area contributed by atoms with E-state index in [1.165, 1.54) is 12.1 Å². The molecular weight excluding hydrogens is 320 g/mol. The van der Waals surface area contributed by atoms with Crippen LogP contribution in [0.5, 0.6) is 0 Å². The number of esters is 1. The first-order chi connectivity index (χ1) is 11.8. The van der Waals surface area contributed by atoms with Crippen molar-refractivity contribution in [3.63, 3.8) is 0 Å². The van der Waals surface area contributed by atoms with E-state index in [1.807, 2.05) is 18.2 Å². The summed E-state index contributed by atoms with van der Waals surface area (Å²) in [7, 11) is 0. The summed E-state index contributed by atoms with van der Waals surface area (Å²) in [6.45, 7) is 5.61. The van der Waals surface area contributed by atoms with Crippen LogP contribution in [0.1, 0.15) is 31.9 Å². The second-order valence-electron chi connectivity index (χ2n) is 6.46. The lowest BCUT2D eigenvalue weighted by Crippen LogP contribution is -2.29. The van der Waals surface area contributed by atoms with Gasteiger partial charge in [0, 0.05) is 17.7 Å². The molecule has 0 atom stereocenters. The van der Waals surface area contributed by atoms with Crippen molar-refractivity contribution < 1.29 is 14.5 Å². The Balaban J connectivity index is 2.27. The molecule has 0 fully saturated rings. The minimum atomic E-state index is -0.625. The number of rotatable bonds is 5. The predicted molar refractivity (Wildman–Crippen MR) is 95.6 cm³/mol. The number of nitro groups is 1. The van der Waals surface area contributed by atoms with Gasteiger partial charge in [0.15, 0.2) is 5.71 Å². The molecule has 2 aromatic carbocycles. The molecular formula is C19H20N2O4. The van der Waals surface area contributed by atoms with Crippen LogP contribution < -0.4 is 0 Å². The fourth-order valence-electron chi connectivity index (χ4n) is 2.09. The number of hydrogen-bond donors (Lipinski definition) is 0. The van der Waals surface area contributed by atoms with Crippen LogP contribution in [0.2, 0.25) is 0 Å². The summed E-state index contributed by atoms with van der Waals surface area (Å²) in [6.07, 6.45) is 0. The second kappa shape index (κ2) is 7.70. The van der Waals surface area contributed by atoms with Crippen LogP contribution in [0.15, 0.2) is 59.6 Å². The molecule has 0 aliphatic carbocycles. The first kappa shape index (κ1) is 18.3. The molecule has 0 heterocycles. The molecule has 0 aliphatic heterocycles. The Kier molecular flexibility index (Phi) is 5.64. The van der Waals surface area contributed by atoms with Crippen LogP contribution in [-0.2, 0) is 16.1 Å². The quantitative estimate of drug-likeness (QED) is 0.357. The number of nitro benzene ring substituents is 1. The summed E-state index contributed by atoms with van der Waals surface area (Å²) in [6, 6.07) is 15.2. The molecule has 0 aromatic heterocycles. The summed E-state index contributed by atoms with van der Waals surface area (Å²) in [5.41, 5.74) is 1.05. The van der Waals surface area contributed by atoms with E-state index in [9.17, 15) is 14.9 Å². The maximum atomic E-state index is 12.5. The molecule has 0 amide bonds. The lowest BCUT2D eigenvalue weighted by molar-refractivity contribution is -0.384. The van der Waals surface area contributed by atoms with Crippen molar-refractivity contribution in [2.75, 3.05) is 0 Å². The second-order valence-corrected chi connectivity index (χ2v) is 6.46. The van der Waals surface area contributed by atoms with Gasteiger partial charge in [0.1, 0.15) is 5.60 Å². The Morgan fingerprint density at radius 2 is 1.68 bits per heavy atom. The third-order valence-electron chi connectivity index (χ3n) is 3.21. The van der Waals surface area contributed by atoms with E-state index in [0.717, 1.165) is 5.56 Å². The molecule has 0 unspecified atom stereocenters. The van der Waals surface area contributed by atoms with Gasteiger partial charge in [-0.1, -0.05) is 42.5 Å². The highest BCUT2D eigenvalue weighted by molar-refractivity contribution is 6.43. The summed E-state index contributed by atoms with van der Waals surface area (Å²) in [5, 5.41) is 10.7. The van der Waals surface area contributed by atoms with E-state index >= 15 is 0 Å². The van der Waals surface area contributed by atoms with Crippen molar-refractivity contribution in [1.82, 2.24) is 0 Å². The summed E-state index contributed by atoms with van der Waals surface area (Å²) in [4.78, 5) is 27.1. The number of carbonyl (C=O) groups excluding carboxylic acids is 1. The van der Waals surface area contributed by atoms with Crippen LogP contribution in [-0.4, -0.2) is 22.2 Å². The number of benzene rings is 2. The van der Waals surface area contributed by atoms with E-state index in [1.54, 1.807) is 45.0 Å². The van der Waals surface area contributed by atoms with Gasteiger partial charge in [-0.25, -0.2) is 4.79 Å². The molecule has 0 radical (unpaired) electrons. The molecule has 2 aromatic rings. The van der Waals surface area contributed by atoms with E-state index in [0.29, 0.717) is 5.56 Å². The fourth-order valence-corrected chi connectivity index (χ4v) is 2.09. The Morgan fingerprint density at radius 1 is 1.08 bits per heavy atom. The van der Waals surface area contributed by atoms with Gasteiger partial charge in [0.25, 0.3) is 5.69 Å². The molecule has 25 heavy (non-hydrogen) atoms. The van der Waals surface area contributed by atoms with E-state index < -0.39 is 16.5 Å². The van der Waals surface area contributed by atoms with Crippen molar-refractivity contribution in [2.24, 2.45) is 4.99 Å². The highest BCUT2D eigenvalue weighted by Crippen LogP contribution is 2.15. The standard InChI is InChI=1S/C19H20N2O4/c1-19(2,3)25-18(22)17(15-7-5-4-6-8-15)20-13-14-9-11-16(12-10-14)21(23)24/h4-12H,13H2,1-3H3. The van der Waals surface area contributed by atoms with Gasteiger partial charge < -0.3 is 4.74 Å². The van der Waals surface area contributed by atoms with Crippen molar-refractivity contribution in [3.8, 4) is 0 Å². The Labute approximate surface area is 146 Å². The van der Waals surface area contributed by atoms with Crippen LogP contribution in [0.3, 0.4) is 0 Å². The number of non-ortho nitro benzene ring substituents is 1. The number of ether oxygens (including phenoxy) is 1. The maximum Gasteiger partial charge on any atom is 0.357 e. The zero-order valence-electron chi connectivity index (χ0n) is 14.4. The average Bonchev–Trinajstić information content (AvgIpc) is 2.55. The number of nitrogens with zero attached hydrogens (tertiary/aromatic N) is 2. The summed E-state index contributed by atoms with van der Waals surface area (Å²) in [5.74, 6) is -0.499. The lowest BCUT2D eigenvalue weighted by Gasteiger charge is -2.20. The smallest absolute Gasteiger partial charge is 0.357 e. The summed E-state index contributed by atoms with van der Waals surface area (Å²) >= 11 is 0. The Hall–Kier alpha value is -3.02. The Morgan fingerprint density at radius 3 is 2.20 bits per heavy atom. The highest BCUT2D eigenvalue weighted by atomic mass is 16.6. The number of hydrogen-bond acceptors (Lipinski definition) is 5. The topological polar surface area (TPSA) is 81.8 Å². The SMILES string of the molecule is CC(C)(C)OC(=O)C(=NCc1ccc([N+](=O)[O-])cc1)c1ccccc1. The van der Waals surface area contributed by atoms with Crippen molar-refractivity contribution in [3.05, 3.63) is 75.8 Å². The van der Waals surface area contributed by atoms with Gasteiger partial charge in [-0.3, -0.25) is 15.1 Å². The first-order valence-corrected chi connectivity index (χ1v) is 7.83. The van der Waals surface area contributed by atoms with Crippen LogP contribution >= 0.6 is 0 Å². The Bertz CT molecular complexity index is 775. The van der Waals surface area contributed by atoms with Crippen molar-refractivity contribution >= 4 is 17.4 Å². The largest absolute Gasteiger partial charge is 0.455 e. The van der Waals surface area contributed by atoms with Gasteiger partial charge >= 0.3 is 5.97 Å². The molecule has 2 rings (SSSR count). The predicted octanol–water partition coefficient (Wildman–Crippen LogP) is 3.93. The molecule has 6 nitrogen and oxygen atoms in total. The van der Waals surface area contributed by atoms with Gasteiger partial charge in [0.05, 0.1) is 11.5 Å². The van der Waals surface area contributed by atoms with E-state index in [4.69, 9.17) is 4.74 Å². The van der Waals surface area contributed by atoms with Crippen molar-refractivity contribution in [2.45, 2.75) is 32.9 Å². The molecule has 0 aliphatic rings. The highest BCUT2D eigenvalue weighted by Gasteiger charge is 2.22.